The second-order valence-corrected chi connectivity index (χ2v) is 9.22. The second kappa shape index (κ2) is 8.28. The van der Waals surface area contributed by atoms with Crippen LogP contribution in [0.4, 0.5) is 21.8 Å². The molecule has 2 fully saturated rings. The average molecular weight is 463 g/mol. The third-order valence-electron chi connectivity index (χ3n) is 6.40. The van der Waals surface area contributed by atoms with Crippen LogP contribution in [-0.2, 0) is 0 Å². The number of hydrogen-bond donors (Lipinski definition) is 3. The van der Waals surface area contributed by atoms with Gasteiger partial charge in [0.15, 0.2) is 17.4 Å². The number of aromatic nitrogens is 5. The molecular formula is C24H27FN8O. The molecule has 4 aromatic rings. The van der Waals surface area contributed by atoms with Gasteiger partial charge in [0.2, 0.25) is 0 Å². The van der Waals surface area contributed by atoms with Crippen LogP contribution in [0.3, 0.4) is 0 Å². The number of nitrogens with one attached hydrogen (secondary N) is 3. The first-order valence-electron chi connectivity index (χ1n) is 11.6. The zero-order valence-corrected chi connectivity index (χ0v) is 19.2. The van der Waals surface area contributed by atoms with Crippen LogP contribution in [0.1, 0.15) is 30.1 Å². The minimum Gasteiger partial charge on any atom is -0.421 e. The summed E-state index contributed by atoms with van der Waals surface area (Å²) >= 11 is 0. The molecule has 10 heteroatoms. The number of halogens is 1. The lowest BCUT2D eigenvalue weighted by Gasteiger charge is -2.33. The first-order valence-corrected chi connectivity index (χ1v) is 11.6. The molecule has 1 saturated carbocycles. The molecule has 0 bridgehead atoms. The molecule has 3 aromatic heterocycles. The molecule has 1 saturated heterocycles. The van der Waals surface area contributed by atoms with E-state index in [-0.39, 0.29) is 11.8 Å². The van der Waals surface area contributed by atoms with Gasteiger partial charge in [0, 0.05) is 72.6 Å². The first-order chi connectivity index (χ1) is 16.5. The van der Waals surface area contributed by atoms with Crippen molar-refractivity contribution >= 4 is 28.4 Å². The average Bonchev–Trinajstić information content (AvgIpc) is 3.45. The van der Waals surface area contributed by atoms with Gasteiger partial charge in [-0.2, -0.15) is 15.1 Å². The maximum absolute atomic E-state index is 14.8. The molecule has 1 aromatic carbocycles. The summed E-state index contributed by atoms with van der Waals surface area (Å²) in [5, 5.41) is 11.6. The highest BCUT2D eigenvalue weighted by atomic mass is 19.1. The van der Waals surface area contributed by atoms with Gasteiger partial charge in [-0.3, -0.25) is 5.10 Å². The van der Waals surface area contributed by atoms with E-state index in [0.29, 0.717) is 17.6 Å². The molecule has 0 spiro atoms. The van der Waals surface area contributed by atoms with E-state index in [9.17, 15) is 4.39 Å². The van der Waals surface area contributed by atoms with Crippen molar-refractivity contribution in [3.63, 3.8) is 0 Å². The number of likely N-dealkylation sites (N-methyl/N-ethyl adjacent to an activating group) is 1. The third kappa shape index (κ3) is 4.28. The van der Waals surface area contributed by atoms with Crippen LogP contribution in [-0.4, -0.2) is 63.3 Å². The lowest BCUT2D eigenvalue weighted by Crippen LogP contribution is -2.44. The van der Waals surface area contributed by atoms with Gasteiger partial charge in [0.1, 0.15) is 11.6 Å². The zero-order chi connectivity index (χ0) is 23.2. The van der Waals surface area contributed by atoms with Crippen molar-refractivity contribution in [2.24, 2.45) is 0 Å². The molecule has 176 valence electrons. The van der Waals surface area contributed by atoms with Crippen molar-refractivity contribution in [1.29, 1.82) is 0 Å². The van der Waals surface area contributed by atoms with Crippen LogP contribution in [0.25, 0.3) is 10.9 Å². The van der Waals surface area contributed by atoms with Crippen molar-refractivity contribution < 1.29 is 9.13 Å². The van der Waals surface area contributed by atoms with Gasteiger partial charge in [0.05, 0.1) is 0 Å². The van der Waals surface area contributed by atoms with Crippen molar-refractivity contribution in [2.75, 3.05) is 43.4 Å². The van der Waals surface area contributed by atoms with E-state index >= 15 is 0 Å². The number of anilines is 3. The van der Waals surface area contributed by atoms with Crippen LogP contribution in [0.15, 0.2) is 30.3 Å². The summed E-state index contributed by atoms with van der Waals surface area (Å²) in [6.45, 7) is 5.48. The normalized spacial score (nSPS) is 16.9. The summed E-state index contributed by atoms with van der Waals surface area (Å²) in [7, 11) is 2.11. The number of H-pyrrole nitrogens is 2. The van der Waals surface area contributed by atoms with E-state index in [0.717, 1.165) is 54.3 Å². The fourth-order valence-corrected chi connectivity index (χ4v) is 4.31. The number of aromatic amines is 2. The highest BCUT2D eigenvalue weighted by Gasteiger charge is 2.26. The monoisotopic (exact) mass is 462 g/mol. The summed E-state index contributed by atoms with van der Waals surface area (Å²) in [6.07, 6.45) is 2.38. The number of hydrogen-bond acceptors (Lipinski definition) is 7. The van der Waals surface area contributed by atoms with E-state index < -0.39 is 5.82 Å². The number of rotatable bonds is 6. The van der Waals surface area contributed by atoms with Gasteiger partial charge >= 0.3 is 6.01 Å². The van der Waals surface area contributed by atoms with Crippen LogP contribution in [0.2, 0.25) is 0 Å². The number of ether oxygens (including phenoxy) is 1. The van der Waals surface area contributed by atoms with Crippen molar-refractivity contribution in [2.45, 2.75) is 25.7 Å². The molecule has 1 aliphatic carbocycles. The second-order valence-electron chi connectivity index (χ2n) is 9.22. The summed E-state index contributed by atoms with van der Waals surface area (Å²) < 4.78 is 20.7. The summed E-state index contributed by atoms with van der Waals surface area (Å²) in [6, 6.07) is 9.04. The first kappa shape index (κ1) is 20.9. The van der Waals surface area contributed by atoms with Crippen LogP contribution < -0.4 is 15.0 Å². The molecule has 0 unspecified atom stereocenters. The Morgan fingerprint density at radius 1 is 1.03 bits per heavy atom. The predicted molar refractivity (Wildman–Crippen MR) is 129 cm³/mol. The van der Waals surface area contributed by atoms with Crippen LogP contribution in [0.5, 0.6) is 11.8 Å². The molecule has 0 radical (unpaired) electrons. The van der Waals surface area contributed by atoms with Gasteiger partial charge in [-0.25, -0.2) is 4.39 Å². The van der Waals surface area contributed by atoms with E-state index in [1.54, 1.807) is 6.07 Å². The summed E-state index contributed by atoms with van der Waals surface area (Å²) in [5.74, 6) is 2.15. The van der Waals surface area contributed by atoms with Gasteiger partial charge in [0.25, 0.3) is 0 Å². The van der Waals surface area contributed by atoms with E-state index in [4.69, 9.17) is 4.74 Å². The molecule has 1 aliphatic heterocycles. The Hall–Kier alpha value is -3.66. The minimum absolute atomic E-state index is 0.0855. The molecule has 6 rings (SSSR count). The Morgan fingerprint density at radius 2 is 1.85 bits per heavy atom. The van der Waals surface area contributed by atoms with Crippen molar-refractivity contribution in [3.8, 4) is 11.8 Å². The molecule has 9 nitrogen and oxygen atoms in total. The van der Waals surface area contributed by atoms with Gasteiger partial charge in [-0.15, -0.1) is 0 Å². The highest BCUT2D eigenvalue weighted by Crippen LogP contribution is 2.39. The molecule has 3 N–H and O–H groups in total. The third-order valence-corrected chi connectivity index (χ3v) is 6.40. The molecule has 34 heavy (non-hydrogen) atoms. The number of fused-ring (bicyclic) bond motifs is 1. The lowest BCUT2D eigenvalue weighted by molar-refractivity contribution is 0.311. The fraction of sp³-hybridized carbons (Fsp3) is 0.375. The maximum Gasteiger partial charge on any atom is 0.326 e. The van der Waals surface area contributed by atoms with E-state index in [2.05, 4.69) is 47.3 Å². The Kier molecular flexibility index (Phi) is 5.09. The van der Waals surface area contributed by atoms with Gasteiger partial charge in [-0.05, 0) is 38.9 Å². The molecular weight excluding hydrogens is 435 g/mol. The number of nitrogens with zero attached hydrogens (tertiary/aromatic N) is 5. The highest BCUT2D eigenvalue weighted by molar-refractivity contribution is 5.82. The van der Waals surface area contributed by atoms with E-state index in [1.165, 1.54) is 18.9 Å². The minimum atomic E-state index is -0.473. The topological polar surface area (TPSA) is 98.0 Å². The zero-order valence-electron chi connectivity index (χ0n) is 19.2. The predicted octanol–water partition coefficient (Wildman–Crippen LogP) is 4.29. The molecule has 0 atom stereocenters. The van der Waals surface area contributed by atoms with Crippen LogP contribution in [0, 0.1) is 12.7 Å². The Labute approximate surface area is 196 Å². The number of piperazine rings is 1. The Bertz CT molecular complexity index is 1340. The smallest absolute Gasteiger partial charge is 0.326 e. The quantitative estimate of drug-likeness (QED) is 0.393. The van der Waals surface area contributed by atoms with Gasteiger partial charge < -0.3 is 24.8 Å². The number of benzene rings is 1. The molecule has 4 heterocycles. The molecule has 0 amide bonds. The lowest BCUT2D eigenvalue weighted by atomic mass is 10.2. The summed E-state index contributed by atoms with van der Waals surface area (Å²) in [4.78, 5) is 16.7. The maximum atomic E-state index is 14.8. The van der Waals surface area contributed by atoms with Gasteiger partial charge in [-0.1, -0.05) is 0 Å². The van der Waals surface area contributed by atoms with Crippen molar-refractivity contribution in [3.05, 3.63) is 47.5 Å². The standard InChI is InChI=1S/C24H27FN8O/c1-14-9-16-10-20(17(25)11-18(16)26-14)34-24-28-21(27-22-12-19(30-31-22)15-3-4-15)13-23(29-24)33-7-5-32(2)6-8-33/h9-13,15,26H,3-8H2,1-2H3,(H2,27,28,29,30,31). The Balaban J connectivity index is 1.32. The van der Waals surface area contributed by atoms with Crippen molar-refractivity contribution in [1.82, 2.24) is 30.0 Å². The number of aryl methyl sites for hydroxylation is 1. The largest absolute Gasteiger partial charge is 0.421 e. The van der Waals surface area contributed by atoms with Crippen LogP contribution >= 0.6 is 0 Å². The van der Waals surface area contributed by atoms with E-state index in [1.807, 2.05) is 25.1 Å². The Morgan fingerprint density at radius 3 is 2.65 bits per heavy atom. The summed E-state index contributed by atoms with van der Waals surface area (Å²) in [5.41, 5.74) is 2.81. The SMILES string of the molecule is Cc1cc2cc(Oc3nc(Nc4cc(C5CC5)[nH]n4)cc(N4CCN(C)CC4)n3)c(F)cc2[nH]1. The molecule has 2 aliphatic rings. The fourth-order valence-electron chi connectivity index (χ4n) is 4.31.